The normalized spacial score (nSPS) is 10.4. The second-order valence-corrected chi connectivity index (χ2v) is 4.22. The van der Waals surface area contributed by atoms with Gasteiger partial charge in [0.05, 0.1) is 11.3 Å². The molecule has 2 heterocycles. The molecular weight excluding hydrogens is 250 g/mol. The van der Waals surface area contributed by atoms with Crippen LogP contribution in [-0.2, 0) is 0 Å². The quantitative estimate of drug-likeness (QED) is 0.891. The van der Waals surface area contributed by atoms with E-state index in [9.17, 15) is 4.79 Å². The van der Waals surface area contributed by atoms with Crippen LogP contribution in [0.3, 0.4) is 0 Å². The standard InChI is InChI=1S/C9H6ClN3O2S/c1-4-5(9(14)15)2-11-7(12-4)8-13-6(10)3-16-8/h2-3H,1H3,(H,14,15). The molecular formula is C9H6ClN3O2S. The topological polar surface area (TPSA) is 76.0 Å². The van der Waals surface area contributed by atoms with Gasteiger partial charge in [0.15, 0.2) is 10.8 Å². The molecule has 0 aliphatic carbocycles. The third-order valence-corrected chi connectivity index (χ3v) is 3.04. The Morgan fingerprint density at radius 1 is 1.50 bits per heavy atom. The highest BCUT2D eigenvalue weighted by atomic mass is 35.5. The molecule has 2 aromatic rings. The van der Waals surface area contributed by atoms with E-state index in [0.29, 0.717) is 21.7 Å². The van der Waals surface area contributed by atoms with Crippen molar-refractivity contribution in [2.75, 3.05) is 0 Å². The smallest absolute Gasteiger partial charge is 0.339 e. The van der Waals surface area contributed by atoms with Gasteiger partial charge in [-0.3, -0.25) is 0 Å². The lowest BCUT2D eigenvalue weighted by Crippen LogP contribution is -2.04. The number of aryl methyl sites for hydroxylation is 1. The number of nitrogens with zero attached hydrogens (tertiary/aromatic N) is 3. The van der Waals surface area contributed by atoms with Crippen molar-refractivity contribution in [2.45, 2.75) is 6.92 Å². The summed E-state index contributed by atoms with van der Waals surface area (Å²) in [4.78, 5) is 22.8. The van der Waals surface area contributed by atoms with E-state index in [1.807, 2.05) is 0 Å². The second kappa shape index (κ2) is 4.15. The molecule has 0 spiro atoms. The third-order valence-electron chi connectivity index (χ3n) is 1.88. The Morgan fingerprint density at radius 3 is 2.75 bits per heavy atom. The minimum atomic E-state index is -1.04. The maximum absolute atomic E-state index is 10.8. The van der Waals surface area contributed by atoms with Gasteiger partial charge in [0.25, 0.3) is 0 Å². The van der Waals surface area contributed by atoms with Crippen LogP contribution in [-0.4, -0.2) is 26.0 Å². The summed E-state index contributed by atoms with van der Waals surface area (Å²) in [5, 5.41) is 11.4. The number of aromatic nitrogens is 3. The summed E-state index contributed by atoms with van der Waals surface area (Å²) in [5.74, 6) is -0.652. The van der Waals surface area contributed by atoms with Gasteiger partial charge in [0.2, 0.25) is 0 Å². The molecule has 0 radical (unpaired) electrons. The van der Waals surface area contributed by atoms with Crippen molar-refractivity contribution in [3.8, 4) is 10.8 Å². The molecule has 2 aromatic heterocycles. The van der Waals surface area contributed by atoms with Crippen molar-refractivity contribution in [3.63, 3.8) is 0 Å². The lowest BCUT2D eigenvalue weighted by molar-refractivity contribution is 0.0695. The van der Waals surface area contributed by atoms with E-state index >= 15 is 0 Å². The number of hydrogen-bond donors (Lipinski definition) is 1. The Kier molecular flexibility index (Phi) is 2.84. The van der Waals surface area contributed by atoms with Crippen molar-refractivity contribution < 1.29 is 9.90 Å². The molecule has 0 saturated heterocycles. The molecule has 2 rings (SSSR count). The summed E-state index contributed by atoms with van der Waals surface area (Å²) in [5.41, 5.74) is 0.496. The first-order chi connectivity index (χ1) is 7.58. The molecule has 0 aliphatic heterocycles. The van der Waals surface area contributed by atoms with E-state index in [-0.39, 0.29) is 5.56 Å². The fraction of sp³-hybridized carbons (Fsp3) is 0.111. The summed E-state index contributed by atoms with van der Waals surface area (Å²) in [7, 11) is 0. The van der Waals surface area contributed by atoms with E-state index in [2.05, 4.69) is 15.0 Å². The minimum absolute atomic E-state index is 0.0893. The molecule has 82 valence electrons. The molecule has 0 saturated carbocycles. The fourth-order valence-corrected chi connectivity index (χ4v) is 2.02. The number of carbonyl (C=O) groups is 1. The number of carboxylic acid groups (broad SMARTS) is 1. The van der Waals surface area contributed by atoms with Gasteiger partial charge >= 0.3 is 5.97 Å². The zero-order valence-corrected chi connectivity index (χ0v) is 9.71. The zero-order chi connectivity index (χ0) is 11.7. The molecule has 16 heavy (non-hydrogen) atoms. The van der Waals surface area contributed by atoms with Crippen LogP contribution in [0.4, 0.5) is 0 Å². The highest BCUT2D eigenvalue weighted by Crippen LogP contribution is 2.23. The van der Waals surface area contributed by atoms with Crippen molar-refractivity contribution in [1.29, 1.82) is 0 Å². The molecule has 5 nitrogen and oxygen atoms in total. The molecule has 0 atom stereocenters. The number of aromatic carboxylic acids is 1. The number of halogens is 1. The predicted octanol–water partition coefficient (Wildman–Crippen LogP) is 2.26. The molecule has 0 aliphatic rings. The van der Waals surface area contributed by atoms with Crippen LogP contribution in [0, 0.1) is 6.92 Å². The Morgan fingerprint density at radius 2 is 2.25 bits per heavy atom. The van der Waals surface area contributed by atoms with E-state index in [1.165, 1.54) is 17.5 Å². The average Bonchev–Trinajstić information content (AvgIpc) is 2.64. The van der Waals surface area contributed by atoms with Gasteiger partial charge in [-0.1, -0.05) is 11.6 Å². The number of rotatable bonds is 2. The van der Waals surface area contributed by atoms with Crippen LogP contribution in [0.2, 0.25) is 5.15 Å². The van der Waals surface area contributed by atoms with Crippen LogP contribution in [0.1, 0.15) is 16.1 Å². The molecule has 1 N–H and O–H groups in total. The van der Waals surface area contributed by atoms with Crippen LogP contribution < -0.4 is 0 Å². The van der Waals surface area contributed by atoms with Crippen LogP contribution in [0.25, 0.3) is 10.8 Å². The second-order valence-electron chi connectivity index (χ2n) is 2.97. The van der Waals surface area contributed by atoms with Gasteiger partial charge in [-0.05, 0) is 6.92 Å². The highest BCUT2D eigenvalue weighted by molar-refractivity contribution is 7.13. The Labute approximate surface area is 99.8 Å². The molecule has 0 amide bonds. The van der Waals surface area contributed by atoms with Gasteiger partial charge in [-0.25, -0.2) is 19.7 Å². The Hall–Kier alpha value is -1.53. The molecule has 0 bridgehead atoms. The Bertz CT molecular complexity index is 555. The number of carboxylic acids is 1. The van der Waals surface area contributed by atoms with Crippen molar-refractivity contribution in [1.82, 2.24) is 15.0 Å². The average molecular weight is 256 g/mol. The molecule has 0 unspecified atom stereocenters. The zero-order valence-electron chi connectivity index (χ0n) is 8.14. The van der Waals surface area contributed by atoms with Crippen LogP contribution in [0.5, 0.6) is 0 Å². The summed E-state index contributed by atoms with van der Waals surface area (Å²) in [6.07, 6.45) is 1.27. The van der Waals surface area contributed by atoms with Crippen LogP contribution in [0.15, 0.2) is 11.6 Å². The van der Waals surface area contributed by atoms with Gasteiger partial charge in [0, 0.05) is 11.6 Å². The first kappa shape index (κ1) is 11.0. The Balaban J connectivity index is 2.45. The largest absolute Gasteiger partial charge is 0.478 e. The number of thiazole rings is 1. The molecule has 0 fully saturated rings. The summed E-state index contributed by atoms with van der Waals surface area (Å²) in [6, 6.07) is 0. The predicted molar refractivity (Wildman–Crippen MR) is 59.8 cm³/mol. The SMILES string of the molecule is Cc1nc(-c2nc(Cl)cs2)ncc1C(=O)O. The van der Waals surface area contributed by atoms with E-state index in [1.54, 1.807) is 12.3 Å². The first-order valence-electron chi connectivity index (χ1n) is 4.26. The highest BCUT2D eigenvalue weighted by Gasteiger charge is 2.12. The maximum atomic E-state index is 10.8. The third kappa shape index (κ3) is 2.02. The van der Waals surface area contributed by atoms with Gasteiger partial charge < -0.3 is 5.11 Å². The van der Waals surface area contributed by atoms with Crippen molar-refractivity contribution in [3.05, 3.63) is 28.0 Å². The fourth-order valence-electron chi connectivity index (χ4n) is 1.14. The van der Waals surface area contributed by atoms with Gasteiger partial charge in [0.1, 0.15) is 5.15 Å². The lowest BCUT2D eigenvalue weighted by atomic mass is 10.2. The monoisotopic (exact) mass is 255 g/mol. The number of hydrogen-bond acceptors (Lipinski definition) is 5. The minimum Gasteiger partial charge on any atom is -0.478 e. The molecule has 7 heteroatoms. The maximum Gasteiger partial charge on any atom is 0.339 e. The summed E-state index contributed by atoms with van der Waals surface area (Å²) in [6.45, 7) is 1.61. The van der Waals surface area contributed by atoms with E-state index in [0.717, 1.165) is 0 Å². The molecule has 0 aromatic carbocycles. The van der Waals surface area contributed by atoms with Gasteiger partial charge in [-0.2, -0.15) is 0 Å². The van der Waals surface area contributed by atoms with Crippen molar-refractivity contribution >= 4 is 28.9 Å². The first-order valence-corrected chi connectivity index (χ1v) is 5.52. The van der Waals surface area contributed by atoms with Gasteiger partial charge in [-0.15, -0.1) is 11.3 Å². The lowest BCUT2D eigenvalue weighted by Gasteiger charge is -2.00. The van der Waals surface area contributed by atoms with Crippen molar-refractivity contribution in [2.24, 2.45) is 0 Å². The summed E-state index contributed by atoms with van der Waals surface area (Å²) < 4.78 is 0. The van der Waals surface area contributed by atoms with E-state index in [4.69, 9.17) is 16.7 Å². The van der Waals surface area contributed by atoms with Crippen LogP contribution >= 0.6 is 22.9 Å². The summed E-state index contributed by atoms with van der Waals surface area (Å²) >= 11 is 6.99. The van der Waals surface area contributed by atoms with E-state index < -0.39 is 5.97 Å².